The zero-order valence-corrected chi connectivity index (χ0v) is 13.9. The van der Waals surface area contributed by atoms with Crippen molar-refractivity contribution in [1.82, 2.24) is 0 Å². The van der Waals surface area contributed by atoms with Crippen molar-refractivity contribution in [3.05, 3.63) is 41.2 Å². The molecule has 1 N–H and O–H groups in total. The molecule has 0 amide bonds. The standard InChI is InChI=1S/C18H19FO5/c1-21-13-7-11(8-14(22-2)17(13)19)5-6-12-9-15(23-3)18(20)16(10-12)24-4/h5-10,20H,1-4H3/b6-5+. The number of halogens is 1. The van der Waals surface area contributed by atoms with Gasteiger partial charge in [-0.1, -0.05) is 12.2 Å². The van der Waals surface area contributed by atoms with Gasteiger partial charge in [0, 0.05) is 0 Å². The topological polar surface area (TPSA) is 57.2 Å². The number of phenols is 1. The monoisotopic (exact) mass is 334 g/mol. The van der Waals surface area contributed by atoms with Crippen LogP contribution in [-0.2, 0) is 0 Å². The largest absolute Gasteiger partial charge is 0.502 e. The van der Waals surface area contributed by atoms with E-state index in [-0.39, 0.29) is 17.2 Å². The molecule has 0 unspecified atom stereocenters. The molecule has 0 aliphatic rings. The van der Waals surface area contributed by atoms with Gasteiger partial charge in [-0.2, -0.15) is 4.39 Å². The van der Waals surface area contributed by atoms with Gasteiger partial charge in [-0.15, -0.1) is 0 Å². The fourth-order valence-electron chi connectivity index (χ4n) is 2.19. The Morgan fingerprint density at radius 2 is 1.04 bits per heavy atom. The van der Waals surface area contributed by atoms with E-state index >= 15 is 0 Å². The SMILES string of the molecule is COc1cc(/C=C/c2cc(OC)c(F)c(OC)c2)cc(OC)c1O. The maximum atomic E-state index is 13.9. The number of benzene rings is 2. The number of ether oxygens (including phenoxy) is 4. The van der Waals surface area contributed by atoms with Crippen LogP contribution in [-0.4, -0.2) is 33.5 Å². The lowest BCUT2D eigenvalue weighted by Gasteiger charge is -2.10. The van der Waals surface area contributed by atoms with Gasteiger partial charge in [-0.25, -0.2) is 0 Å². The molecule has 5 nitrogen and oxygen atoms in total. The molecular formula is C18H19FO5. The highest BCUT2D eigenvalue weighted by atomic mass is 19.1. The van der Waals surface area contributed by atoms with Crippen LogP contribution in [0.3, 0.4) is 0 Å². The highest BCUT2D eigenvalue weighted by Crippen LogP contribution is 2.37. The second kappa shape index (κ2) is 7.59. The number of aromatic hydroxyl groups is 1. The lowest BCUT2D eigenvalue weighted by molar-refractivity contribution is 0.340. The van der Waals surface area contributed by atoms with E-state index in [1.54, 1.807) is 36.4 Å². The molecule has 0 fully saturated rings. The molecule has 6 heteroatoms. The minimum atomic E-state index is -0.551. The van der Waals surface area contributed by atoms with Gasteiger partial charge in [0.1, 0.15) is 0 Å². The molecule has 0 atom stereocenters. The Morgan fingerprint density at radius 3 is 1.38 bits per heavy atom. The third kappa shape index (κ3) is 3.53. The average Bonchev–Trinajstić information content (AvgIpc) is 2.61. The maximum absolute atomic E-state index is 13.9. The van der Waals surface area contributed by atoms with Crippen molar-refractivity contribution in [1.29, 1.82) is 0 Å². The van der Waals surface area contributed by atoms with Crippen molar-refractivity contribution >= 4 is 12.2 Å². The van der Waals surface area contributed by atoms with E-state index in [1.807, 2.05) is 0 Å². The molecule has 0 spiro atoms. The van der Waals surface area contributed by atoms with Gasteiger partial charge in [0.15, 0.2) is 23.0 Å². The van der Waals surface area contributed by atoms with Crippen molar-refractivity contribution in [2.75, 3.05) is 28.4 Å². The van der Waals surface area contributed by atoms with Crippen LogP contribution in [0.4, 0.5) is 4.39 Å². The van der Waals surface area contributed by atoms with Gasteiger partial charge in [0.2, 0.25) is 11.6 Å². The number of rotatable bonds is 6. The highest BCUT2D eigenvalue weighted by molar-refractivity contribution is 5.73. The van der Waals surface area contributed by atoms with Crippen LogP contribution in [0.2, 0.25) is 0 Å². The summed E-state index contributed by atoms with van der Waals surface area (Å²) >= 11 is 0. The van der Waals surface area contributed by atoms with E-state index in [2.05, 4.69) is 0 Å². The summed E-state index contributed by atoms with van der Waals surface area (Å²) in [6.45, 7) is 0. The van der Waals surface area contributed by atoms with Gasteiger partial charge >= 0.3 is 0 Å². The Hall–Kier alpha value is -2.89. The molecule has 0 saturated heterocycles. The molecule has 0 saturated carbocycles. The first kappa shape index (κ1) is 17.5. The van der Waals surface area contributed by atoms with Crippen LogP contribution in [0.25, 0.3) is 12.2 Å². The highest BCUT2D eigenvalue weighted by Gasteiger charge is 2.12. The van der Waals surface area contributed by atoms with Crippen molar-refractivity contribution in [2.24, 2.45) is 0 Å². The summed E-state index contributed by atoms with van der Waals surface area (Å²) in [7, 11) is 5.69. The van der Waals surface area contributed by atoms with Crippen molar-refractivity contribution < 1.29 is 28.4 Å². The summed E-state index contributed by atoms with van der Waals surface area (Å²) in [4.78, 5) is 0. The average molecular weight is 334 g/mol. The van der Waals surface area contributed by atoms with Crippen LogP contribution in [0, 0.1) is 5.82 Å². The number of hydrogen-bond donors (Lipinski definition) is 1. The van der Waals surface area contributed by atoms with Crippen LogP contribution < -0.4 is 18.9 Å². The van der Waals surface area contributed by atoms with Gasteiger partial charge in [0.05, 0.1) is 28.4 Å². The Bertz CT molecular complexity index is 642. The lowest BCUT2D eigenvalue weighted by atomic mass is 10.1. The minimum absolute atomic E-state index is 0.0673. The third-order valence-corrected chi connectivity index (χ3v) is 3.44. The Kier molecular flexibility index (Phi) is 5.52. The molecule has 0 radical (unpaired) electrons. The molecule has 24 heavy (non-hydrogen) atoms. The Balaban J connectivity index is 2.41. The van der Waals surface area contributed by atoms with E-state index in [9.17, 15) is 9.50 Å². The van der Waals surface area contributed by atoms with E-state index in [0.29, 0.717) is 17.1 Å². The summed E-state index contributed by atoms with van der Waals surface area (Å²) in [5.41, 5.74) is 1.43. The molecular weight excluding hydrogens is 315 g/mol. The molecule has 0 heterocycles. The normalized spacial score (nSPS) is 10.7. The molecule has 0 aromatic heterocycles. The van der Waals surface area contributed by atoms with E-state index in [1.165, 1.54) is 28.4 Å². The van der Waals surface area contributed by atoms with Crippen LogP contribution >= 0.6 is 0 Å². The first-order valence-corrected chi connectivity index (χ1v) is 7.08. The Morgan fingerprint density at radius 1 is 0.708 bits per heavy atom. The molecule has 2 aromatic carbocycles. The van der Waals surface area contributed by atoms with Crippen molar-refractivity contribution in [2.45, 2.75) is 0 Å². The molecule has 2 rings (SSSR count). The number of methoxy groups -OCH3 is 4. The minimum Gasteiger partial charge on any atom is -0.502 e. The van der Waals surface area contributed by atoms with Crippen LogP contribution in [0.5, 0.6) is 28.7 Å². The van der Waals surface area contributed by atoms with Gasteiger partial charge in [-0.05, 0) is 35.4 Å². The van der Waals surface area contributed by atoms with E-state index in [0.717, 1.165) is 5.56 Å². The first-order chi connectivity index (χ1) is 11.5. The van der Waals surface area contributed by atoms with Crippen molar-refractivity contribution in [3.63, 3.8) is 0 Å². The zero-order chi connectivity index (χ0) is 17.7. The fraction of sp³-hybridized carbons (Fsp3) is 0.222. The summed E-state index contributed by atoms with van der Waals surface area (Å²) in [5.74, 6) is 0.156. The third-order valence-electron chi connectivity index (χ3n) is 3.44. The van der Waals surface area contributed by atoms with Crippen LogP contribution in [0.1, 0.15) is 11.1 Å². The quantitative estimate of drug-likeness (QED) is 0.816. The van der Waals surface area contributed by atoms with E-state index in [4.69, 9.17) is 18.9 Å². The summed E-state index contributed by atoms with van der Waals surface area (Å²) in [5, 5.41) is 9.92. The predicted octanol–water partition coefficient (Wildman–Crippen LogP) is 3.74. The molecule has 2 aromatic rings. The number of phenolic OH excluding ortho intramolecular Hbond substituents is 1. The van der Waals surface area contributed by atoms with Gasteiger partial charge in [-0.3, -0.25) is 0 Å². The van der Waals surface area contributed by atoms with Crippen molar-refractivity contribution in [3.8, 4) is 28.7 Å². The molecule has 128 valence electrons. The number of hydrogen-bond acceptors (Lipinski definition) is 5. The van der Waals surface area contributed by atoms with Crippen LogP contribution in [0.15, 0.2) is 24.3 Å². The lowest BCUT2D eigenvalue weighted by Crippen LogP contribution is -1.94. The second-order valence-electron chi connectivity index (χ2n) is 4.85. The van der Waals surface area contributed by atoms with Gasteiger partial charge in [0.25, 0.3) is 0 Å². The molecule has 0 bridgehead atoms. The zero-order valence-electron chi connectivity index (χ0n) is 13.9. The van der Waals surface area contributed by atoms with E-state index < -0.39 is 5.82 Å². The van der Waals surface area contributed by atoms with Gasteiger partial charge < -0.3 is 24.1 Å². The molecule has 0 aliphatic carbocycles. The summed E-state index contributed by atoms with van der Waals surface area (Å²) in [6.07, 6.45) is 3.53. The second-order valence-corrected chi connectivity index (χ2v) is 4.85. The molecule has 0 aliphatic heterocycles. The Labute approximate surface area is 139 Å². The summed E-state index contributed by atoms with van der Waals surface area (Å²) in [6, 6.07) is 6.44. The fourth-order valence-corrected chi connectivity index (χ4v) is 2.19. The maximum Gasteiger partial charge on any atom is 0.206 e. The smallest absolute Gasteiger partial charge is 0.206 e. The summed E-state index contributed by atoms with van der Waals surface area (Å²) < 4.78 is 34.2. The predicted molar refractivity (Wildman–Crippen MR) is 89.6 cm³/mol. The first-order valence-electron chi connectivity index (χ1n) is 7.08.